The number of methoxy groups -OCH3 is 1. The largest absolute Gasteiger partial charge is 0.507 e. The van der Waals surface area contributed by atoms with Crippen LogP contribution in [0.4, 0.5) is 5.69 Å². The van der Waals surface area contributed by atoms with E-state index in [1.807, 2.05) is 31.2 Å². The second-order valence-corrected chi connectivity index (χ2v) is 8.99. The lowest BCUT2D eigenvalue weighted by atomic mass is 9.95. The maximum absolute atomic E-state index is 13.1. The number of rotatable bonds is 10. The number of aryl methyl sites for hydroxylation is 1. The van der Waals surface area contributed by atoms with E-state index in [-0.39, 0.29) is 23.6 Å². The molecule has 0 radical (unpaired) electrons. The quantitative estimate of drug-likeness (QED) is 0.101. The van der Waals surface area contributed by atoms with Gasteiger partial charge < -0.3 is 19.5 Å². The molecule has 1 aliphatic rings. The molecule has 3 aromatic carbocycles. The number of nitrogens with zero attached hydrogens (tertiary/aromatic N) is 2. The molecule has 38 heavy (non-hydrogen) atoms. The fourth-order valence-electron chi connectivity index (χ4n) is 4.45. The molecule has 1 fully saturated rings. The minimum atomic E-state index is -0.898. The molecule has 1 amide bonds. The molecule has 0 aromatic heterocycles. The van der Waals surface area contributed by atoms with Gasteiger partial charge in [-0.3, -0.25) is 19.7 Å². The smallest absolute Gasteiger partial charge is 0.295 e. The van der Waals surface area contributed by atoms with Gasteiger partial charge in [-0.15, -0.1) is 0 Å². The van der Waals surface area contributed by atoms with Gasteiger partial charge in [0.2, 0.25) is 0 Å². The van der Waals surface area contributed by atoms with E-state index < -0.39 is 22.7 Å². The van der Waals surface area contributed by atoms with Crippen molar-refractivity contribution in [1.82, 2.24) is 4.90 Å². The summed E-state index contributed by atoms with van der Waals surface area (Å²) in [7, 11) is 1.54. The Morgan fingerprint density at radius 3 is 2.39 bits per heavy atom. The monoisotopic (exact) mass is 516 g/mol. The lowest BCUT2D eigenvalue weighted by molar-refractivity contribution is -0.384. The van der Waals surface area contributed by atoms with Crippen LogP contribution in [0, 0.1) is 17.0 Å². The first kappa shape index (κ1) is 26.6. The molecule has 0 unspecified atom stereocenters. The van der Waals surface area contributed by atoms with Crippen LogP contribution in [0.1, 0.15) is 34.7 Å². The zero-order valence-corrected chi connectivity index (χ0v) is 21.1. The Bertz CT molecular complexity index is 1360. The number of ether oxygens (including phenoxy) is 2. The number of non-ortho nitro benzene ring substituents is 1. The van der Waals surface area contributed by atoms with E-state index in [0.29, 0.717) is 36.5 Å². The number of carbonyl (C=O) groups is 2. The summed E-state index contributed by atoms with van der Waals surface area (Å²) in [6.45, 7) is 2.97. The molecule has 4 rings (SSSR count). The minimum absolute atomic E-state index is 0.0744. The van der Waals surface area contributed by atoms with Gasteiger partial charge in [0.25, 0.3) is 17.4 Å². The van der Waals surface area contributed by atoms with E-state index >= 15 is 0 Å². The third-order valence-electron chi connectivity index (χ3n) is 6.32. The van der Waals surface area contributed by atoms with Gasteiger partial charge in [0.1, 0.15) is 18.1 Å². The highest BCUT2D eigenvalue weighted by molar-refractivity contribution is 6.46. The van der Waals surface area contributed by atoms with Crippen molar-refractivity contribution >= 4 is 23.1 Å². The Morgan fingerprint density at radius 1 is 1.05 bits per heavy atom. The molecule has 0 saturated carbocycles. The average molecular weight is 517 g/mol. The molecule has 0 bridgehead atoms. The molecule has 1 aliphatic heterocycles. The molecule has 0 spiro atoms. The van der Waals surface area contributed by atoms with Gasteiger partial charge in [-0.25, -0.2) is 0 Å². The molecule has 0 aliphatic carbocycles. The fourth-order valence-corrected chi connectivity index (χ4v) is 4.45. The maximum Gasteiger partial charge on any atom is 0.295 e. The van der Waals surface area contributed by atoms with Gasteiger partial charge in [0.15, 0.2) is 0 Å². The predicted molar refractivity (Wildman–Crippen MR) is 141 cm³/mol. The number of hydrogen-bond acceptors (Lipinski definition) is 7. The summed E-state index contributed by atoms with van der Waals surface area (Å²) < 4.78 is 10.9. The third-order valence-corrected chi connectivity index (χ3v) is 6.32. The van der Waals surface area contributed by atoms with Gasteiger partial charge in [-0.2, -0.15) is 0 Å². The number of aliphatic hydroxyl groups excluding tert-OH is 1. The predicted octanol–water partition coefficient (Wildman–Crippen LogP) is 4.94. The normalized spacial score (nSPS) is 16.6. The van der Waals surface area contributed by atoms with Gasteiger partial charge in [0, 0.05) is 38.0 Å². The number of nitro groups is 1. The Labute approximate surface area is 220 Å². The number of amides is 1. The van der Waals surface area contributed by atoms with Crippen LogP contribution in [0.25, 0.3) is 5.76 Å². The first-order valence-electron chi connectivity index (χ1n) is 12.1. The van der Waals surface area contributed by atoms with E-state index in [2.05, 4.69) is 0 Å². The van der Waals surface area contributed by atoms with Crippen LogP contribution in [0.2, 0.25) is 0 Å². The maximum atomic E-state index is 13.1. The standard InChI is InChI=1S/C29H28N2O7/c1-19-5-3-6-20(17-19)18-38-24-13-9-22(10-14-24)27(32)25-26(21-7-11-23(12-8-21)31(35)36)30(15-4-16-37-2)29(34)28(25)33/h3,5-14,17,26,32H,4,15-16,18H2,1-2H3/t26-/m1/s1. The van der Waals surface area contributed by atoms with E-state index in [1.54, 1.807) is 24.3 Å². The van der Waals surface area contributed by atoms with Gasteiger partial charge in [0.05, 0.1) is 16.5 Å². The van der Waals surface area contributed by atoms with Crippen LogP contribution >= 0.6 is 0 Å². The van der Waals surface area contributed by atoms with Crippen molar-refractivity contribution in [1.29, 1.82) is 0 Å². The van der Waals surface area contributed by atoms with E-state index in [9.17, 15) is 24.8 Å². The summed E-state index contributed by atoms with van der Waals surface area (Å²) in [6, 6.07) is 19.3. The van der Waals surface area contributed by atoms with E-state index in [0.717, 1.165) is 11.1 Å². The lowest BCUT2D eigenvalue weighted by Crippen LogP contribution is -2.31. The zero-order valence-electron chi connectivity index (χ0n) is 21.1. The minimum Gasteiger partial charge on any atom is -0.507 e. The highest BCUT2D eigenvalue weighted by Crippen LogP contribution is 2.40. The number of benzene rings is 3. The second-order valence-electron chi connectivity index (χ2n) is 8.99. The van der Waals surface area contributed by atoms with Crippen LogP contribution in [0.3, 0.4) is 0 Å². The third kappa shape index (κ3) is 5.73. The number of aliphatic hydroxyl groups is 1. The van der Waals surface area contributed by atoms with Crippen molar-refractivity contribution in [2.45, 2.75) is 26.0 Å². The molecule has 3 aromatic rings. The van der Waals surface area contributed by atoms with E-state index in [1.165, 1.54) is 36.3 Å². The number of hydrogen-bond donors (Lipinski definition) is 1. The van der Waals surface area contributed by atoms with Gasteiger partial charge >= 0.3 is 0 Å². The molecule has 196 valence electrons. The first-order valence-corrected chi connectivity index (χ1v) is 12.1. The summed E-state index contributed by atoms with van der Waals surface area (Å²) in [5, 5.41) is 22.3. The molecule has 9 nitrogen and oxygen atoms in total. The van der Waals surface area contributed by atoms with Crippen molar-refractivity contribution in [2.75, 3.05) is 20.3 Å². The SMILES string of the molecule is COCCCN1C(=O)C(=O)C(=C(O)c2ccc(OCc3cccc(C)c3)cc2)[C@H]1c1ccc([N+](=O)[O-])cc1. The van der Waals surface area contributed by atoms with Crippen molar-refractivity contribution in [2.24, 2.45) is 0 Å². The summed E-state index contributed by atoms with van der Waals surface area (Å²) in [5.41, 5.74) is 2.78. The molecule has 1 heterocycles. The van der Waals surface area contributed by atoms with Crippen LogP contribution < -0.4 is 4.74 Å². The number of carbonyl (C=O) groups excluding carboxylic acids is 2. The molecule has 9 heteroatoms. The molecule has 1 N–H and O–H groups in total. The number of likely N-dealkylation sites (tertiary alicyclic amines) is 1. The highest BCUT2D eigenvalue weighted by Gasteiger charge is 2.45. The average Bonchev–Trinajstić information content (AvgIpc) is 3.17. The van der Waals surface area contributed by atoms with Crippen LogP contribution in [0.5, 0.6) is 5.75 Å². The zero-order chi connectivity index (χ0) is 27.2. The van der Waals surface area contributed by atoms with Gasteiger partial charge in [-0.1, -0.05) is 29.8 Å². The summed E-state index contributed by atoms with van der Waals surface area (Å²) >= 11 is 0. The van der Waals surface area contributed by atoms with Gasteiger partial charge in [-0.05, 0) is 60.9 Å². The number of Topliss-reactive ketones (excluding diaryl/α,β-unsaturated/α-hetero) is 1. The van der Waals surface area contributed by atoms with Crippen molar-refractivity contribution in [3.8, 4) is 5.75 Å². The summed E-state index contributed by atoms with van der Waals surface area (Å²) in [6.07, 6.45) is 0.472. The summed E-state index contributed by atoms with van der Waals surface area (Å²) in [4.78, 5) is 38.0. The second kappa shape index (κ2) is 11.7. The Balaban J connectivity index is 1.64. The van der Waals surface area contributed by atoms with Crippen LogP contribution in [0.15, 0.2) is 78.4 Å². The molecule has 1 atom stereocenters. The first-order chi connectivity index (χ1) is 18.3. The number of nitro benzene ring substituents is 1. The van der Waals surface area contributed by atoms with Crippen LogP contribution in [-0.4, -0.2) is 46.9 Å². The molecular weight excluding hydrogens is 488 g/mol. The van der Waals surface area contributed by atoms with E-state index in [4.69, 9.17) is 9.47 Å². The van der Waals surface area contributed by atoms with Crippen LogP contribution in [-0.2, 0) is 20.9 Å². The fraction of sp³-hybridized carbons (Fsp3) is 0.241. The van der Waals surface area contributed by atoms with Crippen molar-refractivity contribution < 1.29 is 29.1 Å². The van der Waals surface area contributed by atoms with Crippen molar-refractivity contribution in [3.63, 3.8) is 0 Å². The number of ketones is 1. The Morgan fingerprint density at radius 2 is 1.76 bits per heavy atom. The molecule has 1 saturated heterocycles. The topological polar surface area (TPSA) is 119 Å². The molecular formula is C29H28N2O7. The van der Waals surface area contributed by atoms with Crippen molar-refractivity contribution in [3.05, 3.63) is 111 Å². The summed E-state index contributed by atoms with van der Waals surface area (Å²) in [5.74, 6) is -1.31. The Kier molecular flexibility index (Phi) is 8.18. The lowest BCUT2D eigenvalue weighted by Gasteiger charge is -2.25. The Hall–Kier alpha value is -4.50. The highest BCUT2D eigenvalue weighted by atomic mass is 16.6.